The summed E-state index contributed by atoms with van der Waals surface area (Å²) in [4.78, 5) is 28.5. The number of thiophene rings is 1. The zero-order valence-corrected chi connectivity index (χ0v) is 21.3. The van der Waals surface area contributed by atoms with Crippen LogP contribution in [0.25, 0.3) is 10.1 Å². The Bertz CT molecular complexity index is 1250. The molecule has 0 unspecified atom stereocenters. The van der Waals surface area contributed by atoms with Crippen LogP contribution in [0, 0.1) is 0 Å². The largest absolute Gasteiger partial charge is 0.489 e. The minimum absolute atomic E-state index is 0.210. The number of aliphatic hydroxyl groups excluding tert-OH is 1. The number of halogens is 2. The van der Waals surface area contributed by atoms with Crippen molar-refractivity contribution in [2.75, 3.05) is 19.6 Å². The summed E-state index contributed by atoms with van der Waals surface area (Å²) in [5.74, 6) is -0.789. The van der Waals surface area contributed by atoms with Crippen LogP contribution in [-0.4, -0.2) is 53.5 Å². The summed E-state index contributed by atoms with van der Waals surface area (Å²) in [6.45, 7) is 2.21. The molecule has 6 nitrogen and oxygen atoms in total. The SMILES string of the molecule is O=C(N[C@H](CN1CCCC1)[C@H](O)c1ccc(OC2CC2)c(Cl)c1)C(=O)c1cc2ccc(Cl)cc2s1. The molecule has 1 saturated heterocycles. The molecule has 1 aliphatic heterocycles. The maximum atomic E-state index is 13.0. The van der Waals surface area contributed by atoms with E-state index in [1.165, 1.54) is 11.3 Å². The molecule has 0 radical (unpaired) electrons. The number of nitrogens with zero attached hydrogens (tertiary/aromatic N) is 1. The van der Waals surface area contributed by atoms with Gasteiger partial charge in [0.15, 0.2) is 0 Å². The molecule has 9 heteroatoms. The number of nitrogens with one attached hydrogen (secondary N) is 1. The zero-order chi connectivity index (χ0) is 24.5. The Morgan fingerprint density at radius 3 is 2.60 bits per heavy atom. The predicted molar refractivity (Wildman–Crippen MR) is 139 cm³/mol. The third-order valence-corrected chi connectivity index (χ3v) is 8.01. The highest BCUT2D eigenvalue weighted by atomic mass is 35.5. The van der Waals surface area contributed by atoms with Gasteiger partial charge in [0.1, 0.15) is 11.9 Å². The van der Waals surface area contributed by atoms with Crippen molar-refractivity contribution < 1.29 is 19.4 Å². The summed E-state index contributed by atoms with van der Waals surface area (Å²) in [6, 6.07) is 11.5. The second-order valence-electron chi connectivity index (χ2n) is 9.16. The van der Waals surface area contributed by atoms with Gasteiger partial charge < -0.3 is 20.1 Å². The molecule has 2 heterocycles. The highest BCUT2D eigenvalue weighted by Gasteiger charge is 2.30. The van der Waals surface area contributed by atoms with Crippen LogP contribution in [0.15, 0.2) is 42.5 Å². The number of Topliss-reactive ketones (excluding diaryl/α,β-unsaturated/α-hetero) is 1. The second-order valence-corrected chi connectivity index (χ2v) is 11.1. The van der Waals surface area contributed by atoms with Crippen molar-refractivity contribution in [2.24, 2.45) is 0 Å². The van der Waals surface area contributed by atoms with Gasteiger partial charge in [-0.3, -0.25) is 9.59 Å². The van der Waals surface area contributed by atoms with Crippen molar-refractivity contribution in [3.63, 3.8) is 0 Å². The van der Waals surface area contributed by atoms with Gasteiger partial charge in [0.25, 0.3) is 11.7 Å². The fraction of sp³-hybridized carbons (Fsp3) is 0.385. The molecule has 2 atom stereocenters. The van der Waals surface area contributed by atoms with E-state index < -0.39 is 23.8 Å². The molecule has 5 rings (SSSR count). The number of hydrogen-bond acceptors (Lipinski definition) is 6. The lowest BCUT2D eigenvalue weighted by atomic mass is 10.0. The summed E-state index contributed by atoms with van der Waals surface area (Å²) < 4.78 is 6.63. The highest BCUT2D eigenvalue weighted by Crippen LogP contribution is 2.34. The second kappa shape index (κ2) is 10.4. The molecule has 2 fully saturated rings. The topological polar surface area (TPSA) is 78.9 Å². The minimum atomic E-state index is -1.04. The number of carbonyl (C=O) groups is 2. The van der Waals surface area contributed by atoms with E-state index >= 15 is 0 Å². The predicted octanol–water partition coefficient (Wildman–Crippen LogP) is 5.25. The van der Waals surface area contributed by atoms with Crippen molar-refractivity contribution in [1.29, 1.82) is 0 Å². The van der Waals surface area contributed by atoms with E-state index in [2.05, 4.69) is 10.2 Å². The Morgan fingerprint density at radius 2 is 1.89 bits per heavy atom. The van der Waals surface area contributed by atoms with Gasteiger partial charge in [0.05, 0.1) is 22.0 Å². The van der Waals surface area contributed by atoms with Crippen molar-refractivity contribution in [1.82, 2.24) is 10.2 Å². The number of aliphatic hydroxyl groups is 1. The third-order valence-electron chi connectivity index (χ3n) is 6.38. The maximum Gasteiger partial charge on any atom is 0.293 e. The number of rotatable bonds is 9. The quantitative estimate of drug-likeness (QED) is 0.290. The van der Waals surface area contributed by atoms with Crippen LogP contribution in [0.1, 0.15) is 47.0 Å². The highest BCUT2D eigenvalue weighted by molar-refractivity contribution is 7.21. The molecule has 1 amide bonds. The number of ether oxygens (including phenoxy) is 1. The molecule has 0 spiro atoms. The van der Waals surface area contributed by atoms with Gasteiger partial charge in [-0.05, 0) is 80.1 Å². The number of carbonyl (C=O) groups excluding carboxylic acids is 2. The third kappa shape index (κ3) is 5.81. The summed E-state index contributed by atoms with van der Waals surface area (Å²) in [5, 5.41) is 15.9. The lowest BCUT2D eigenvalue weighted by molar-refractivity contribution is -0.118. The van der Waals surface area contributed by atoms with Gasteiger partial charge in [-0.15, -0.1) is 11.3 Å². The molecule has 2 aromatic carbocycles. The average molecular weight is 533 g/mol. The Labute approximate surface area is 217 Å². The minimum Gasteiger partial charge on any atom is -0.489 e. The van der Waals surface area contributed by atoms with Crippen LogP contribution < -0.4 is 10.1 Å². The fourth-order valence-electron chi connectivity index (χ4n) is 4.32. The van der Waals surface area contributed by atoms with Crippen molar-refractivity contribution >= 4 is 56.3 Å². The Balaban J connectivity index is 1.34. The molecular formula is C26H26Cl2N2O4S. The molecule has 3 aromatic rings. The average Bonchev–Trinajstić information content (AvgIpc) is 3.32. The summed E-state index contributed by atoms with van der Waals surface area (Å²) in [6.07, 6.45) is 3.34. The molecular weight excluding hydrogens is 507 g/mol. The van der Waals surface area contributed by atoms with E-state index in [1.54, 1.807) is 36.4 Å². The van der Waals surface area contributed by atoms with E-state index in [4.69, 9.17) is 27.9 Å². The van der Waals surface area contributed by atoms with Crippen molar-refractivity contribution in [3.05, 3.63) is 63.0 Å². The fourth-order valence-corrected chi connectivity index (χ4v) is 5.83. The number of benzene rings is 2. The van der Waals surface area contributed by atoms with E-state index in [9.17, 15) is 14.7 Å². The summed E-state index contributed by atoms with van der Waals surface area (Å²) in [5.41, 5.74) is 0.562. The van der Waals surface area contributed by atoms with Crippen LogP contribution >= 0.6 is 34.5 Å². The Hall–Kier alpha value is -2.16. The van der Waals surface area contributed by atoms with Crippen molar-refractivity contribution in [2.45, 2.75) is 43.9 Å². The number of amides is 1. The molecule has 1 aromatic heterocycles. The van der Waals surface area contributed by atoms with Gasteiger partial charge >= 0.3 is 0 Å². The van der Waals surface area contributed by atoms with E-state index in [0.29, 0.717) is 32.8 Å². The van der Waals surface area contributed by atoms with Crippen LogP contribution in [-0.2, 0) is 4.79 Å². The normalized spacial score (nSPS) is 17.9. The van der Waals surface area contributed by atoms with E-state index in [0.717, 1.165) is 48.9 Å². The first-order chi connectivity index (χ1) is 16.9. The van der Waals surface area contributed by atoms with E-state index in [-0.39, 0.29) is 6.10 Å². The first-order valence-corrected chi connectivity index (χ1v) is 13.4. The zero-order valence-electron chi connectivity index (χ0n) is 19.0. The smallest absolute Gasteiger partial charge is 0.293 e. The summed E-state index contributed by atoms with van der Waals surface area (Å²) in [7, 11) is 0. The maximum absolute atomic E-state index is 13.0. The van der Waals surface area contributed by atoms with Gasteiger partial charge in [0.2, 0.25) is 0 Å². The molecule has 2 aliphatic rings. The summed E-state index contributed by atoms with van der Waals surface area (Å²) >= 11 is 13.7. The Kier molecular flexibility index (Phi) is 7.32. The van der Waals surface area contributed by atoms with Crippen LogP contribution in [0.3, 0.4) is 0 Å². The molecule has 2 N–H and O–H groups in total. The lowest BCUT2D eigenvalue weighted by Gasteiger charge is -2.28. The first-order valence-electron chi connectivity index (χ1n) is 11.8. The molecule has 0 bridgehead atoms. The number of ketones is 1. The number of fused-ring (bicyclic) bond motifs is 1. The standard InChI is InChI=1S/C26H26Cl2N2O4S/c27-17-5-3-15-12-23(35-22(15)13-17)25(32)26(33)29-20(14-30-9-1-2-10-30)24(31)16-4-8-21(19(28)11-16)34-18-6-7-18/h3-5,8,11-13,18,20,24,31H,1-2,6-7,9-10,14H2,(H,29,33)/t20-,24-/m1/s1. The van der Waals surface area contributed by atoms with Crippen molar-refractivity contribution in [3.8, 4) is 5.75 Å². The number of likely N-dealkylation sites (tertiary alicyclic amines) is 1. The van der Waals surface area contributed by atoms with Gasteiger partial charge in [-0.1, -0.05) is 35.3 Å². The molecule has 1 aliphatic carbocycles. The van der Waals surface area contributed by atoms with Crippen LogP contribution in [0.4, 0.5) is 0 Å². The molecule has 35 heavy (non-hydrogen) atoms. The van der Waals surface area contributed by atoms with Gasteiger partial charge in [-0.25, -0.2) is 0 Å². The Morgan fingerprint density at radius 1 is 1.11 bits per heavy atom. The lowest BCUT2D eigenvalue weighted by Crippen LogP contribution is -2.48. The van der Waals surface area contributed by atoms with Gasteiger partial charge in [-0.2, -0.15) is 0 Å². The molecule has 184 valence electrons. The first kappa shape index (κ1) is 24.5. The molecule has 1 saturated carbocycles. The van der Waals surface area contributed by atoms with Gasteiger partial charge in [0, 0.05) is 16.3 Å². The monoisotopic (exact) mass is 532 g/mol. The van der Waals surface area contributed by atoms with Crippen LogP contribution in [0.2, 0.25) is 10.0 Å². The number of hydrogen-bond donors (Lipinski definition) is 2. The van der Waals surface area contributed by atoms with E-state index in [1.807, 2.05) is 6.07 Å². The van der Waals surface area contributed by atoms with Crippen LogP contribution in [0.5, 0.6) is 5.75 Å².